The van der Waals surface area contributed by atoms with Crippen molar-refractivity contribution in [2.24, 2.45) is 5.92 Å². The van der Waals surface area contributed by atoms with E-state index < -0.39 is 0 Å². The van der Waals surface area contributed by atoms with Crippen molar-refractivity contribution >= 4 is 23.2 Å². The largest absolute Gasteiger partial charge is 0.369 e. The van der Waals surface area contributed by atoms with Crippen molar-refractivity contribution in [1.29, 1.82) is 0 Å². The van der Waals surface area contributed by atoms with Gasteiger partial charge in [0.2, 0.25) is 11.8 Å². The van der Waals surface area contributed by atoms with Gasteiger partial charge in [0.25, 0.3) is 0 Å². The number of nitrogens with one attached hydrogen (secondary N) is 1. The van der Waals surface area contributed by atoms with Crippen molar-refractivity contribution in [1.82, 2.24) is 9.80 Å². The Hall–Kier alpha value is -2.08. The molecule has 1 saturated carbocycles. The Morgan fingerprint density at radius 1 is 1.03 bits per heavy atom. The number of carbonyl (C=O) groups excluding carboxylic acids is 2. The number of benzene rings is 1. The quantitative estimate of drug-likeness (QED) is 0.547. The first-order valence-electron chi connectivity index (χ1n) is 12.2. The molecule has 3 rings (SSSR count). The molecule has 0 bridgehead atoms. The molecule has 172 valence electrons. The van der Waals surface area contributed by atoms with Crippen LogP contribution in [0.15, 0.2) is 24.3 Å². The topological polar surface area (TPSA) is 55.9 Å². The molecule has 0 unspecified atom stereocenters. The highest BCUT2D eigenvalue weighted by atomic mass is 16.2. The maximum atomic E-state index is 12.4. The minimum atomic E-state index is -0.0169. The highest BCUT2D eigenvalue weighted by Gasteiger charge is 2.26. The molecule has 6 nitrogen and oxygen atoms in total. The van der Waals surface area contributed by atoms with E-state index in [2.05, 4.69) is 41.1 Å². The molecule has 1 aromatic rings. The van der Waals surface area contributed by atoms with Gasteiger partial charge in [-0.1, -0.05) is 19.9 Å². The number of nitrogens with zero attached hydrogens (tertiary/aromatic N) is 3. The van der Waals surface area contributed by atoms with E-state index in [9.17, 15) is 9.59 Å². The van der Waals surface area contributed by atoms with E-state index >= 15 is 0 Å². The number of piperazine rings is 1. The zero-order valence-corrected chi connectivity index (χ0v) is 19.4. The van der Waals surface area contributed by atoms with Crippen LogP contribution in [0.3, 0.4) is 0 Å². The Bertz CT molecular complexity index is 705. The average Bonchev–Trinajstić information content (AvgIpc) is 3.58. The molecule has 0 spiro atoms. The summed E-state index contributed by atoms with van der Waals surface area (Å²) in [6.45, 7) is 11.4. The van der Waals surface area contributed by atoms with Crippen LogP contribution in [-0.4, -0.2) is 67.4 Å². The number of hydrogen-bond donors (Lipinski definition) is 1. The van der Waals surface area contributed by atoms with E-state index in [-0.39, 0.29) is 11.8 Å². The molecule has 2 amide bonds. The molecule has 2 fully saturated rings. The minimum absolute atomic E-state index is 0.0169. The summed E-state index contributed by atoms with van der Waals surface area (Å²) in [5, 5.41) is 3.02. The van der Waals surface area contributed by atoms with Gasteiger partial charge in [0.15, 0.2) is 0 Å². The van der Waals surface area contributed by atoms with Gasteiger partial charge in [0.05, 0.1) is 0 Å². The van der Waals surface area contributed by atoms with Crippen LogP contribution in [-0.2, 0) is 9.59 Å². The molecule has 1 saturated heterocycles. The number of amides is 2. The van der Waals surface area contributed by atoms with Gasteiger partial charge in [-0.3, -0.25) is 14.5 Å². The fourth-order valence-electron chi connectivity index (χ4n) is 4.32. The van der Waals surface area contributed by atoms with Gasteiger partial charge in [-0.15, -0.1) is 0 Å². The van der Waals surface area contributed by atoms with Crippen molar-refractivity contribution < 1.29 is 9.59 Å². The van der Waals surface area contributed by atoms with Crippen molar-refractivity contribution in [3.63, 3.8) is 0 Å². The zero-order chi connectivity index (χ0) is 22.1. The molecule has 1 aliphatic heterocycles. The van der Waals surface area contributed by atoms with Crippen LogP contribution in [0.5, 0.6) is 0 Å². The van der Waals surface area contributed by atoms with Crippen molar-refractivity contribution in [2.45, 2.75) is 58.8 Å². The molecule has 1 N–H and O–H groups in total. The second-order valence-corrected chi connectivity index (χ2v) is 9.06. The third-order valence-corrected chi connectivity index (χ3v) is 6.21. The number of hydrogen-bond acceptors (Lipinski definition) is 4. The Balaban J connectivity index is 1.40. The zero-order valence-electron chi connectivity index (χ0n) is 19.4. The lowest BCUT2D eigenvalue weighted by atomic mass is 10.2. The van der Waals surface area contributed by atoms with E-state index in [0.29, 0.717) is 19.3 Å². The first-order chi connectivity index (χ1) is 15.1. The van der Waals surface area contributed by atoms with Gasteiger partial charge in [-0.05, 0) is 56.2 Å². The van der Waals surface area contributed by atoms with Crippen LogP contribution < -0.4 is 10.2 Å². The lowest BCUT2D eigenvalue weighted by Gasteiger charge is -2.36. The summed E-state index contributed by atoms with van der Waals surface area (Å²) in [5.41, 5.74) is 2.02. The Labute approximate surface area is 188 Å². The summed E-state index contributed by atoms with van der Waals surface area (Å²) in [6, 6.07) is 8.16. The molecule has 1 heterocycles. The number of carbonyl (C=O) groups is 2. The van der Waals surface area contributed by atoms with Gasteiger partial charge in [0.1, 0.15) is 0 Å². The predicted octanol–water partition coefficient (Wildman–Crippen LogP) is 3.98. The summed E-state index contributed by atoms with van der Waals surface area (Å²) in [5.74, 6) is 1.10. The molecular weight excluding hydrogens is 388 g/mol. The smallest absolute Gasteiger partial charge is 0.224 e. The number of anilines is 2. The van der Waals surface area contributed by atoms with Crippen LogP contribution in [0, 0.1) is 5.92 Å². The summed E-state index contributed by atoms with van der Waals surface area (Å²) >= 11 is 0. The fraction of sp³-hybridized carbons (Fsp3) is 0.680. The lowest BCUT2D eigenvalue weighted by Crippen LogP contribution is -2.47. The standard InChI is InChI=1S/C25H40N4O2/c1-3-13-29(14-4-2)25(31)10-6-9-24(30)26-22-7-5-8-23(19-22)28-17-15-27(16-18-28)20-21-11-12-21/h5,7-8,19,21H,3-4,6,9-18,20H2,1-2H3,(H,26,30). The normalized spacial score (nSPS) is 16.9. The summed E-state index contributed by atoms with van der Waals surface area (Å²) < 4.78 is 0. The highest BCUT2D eigenvalue weighted by molar-refractivity contribution is 5.91. The Morgan fingerprint density at radius 2 is 1.74 bits per heavy atom. The van der Waals surface area contributed by atoms with Crippen molar-refractivity contribution in [3.8, 4) is 0 Å². The van der Waals surface area contributed by atoms with Gasteiger partial charge in [0, 0.05) is 70.0 Å². The number of rotatable bonds is 12. The van der Waals surface area contributed by atoms with Crippen LogP contribution in [0.4, 0.5) is 11.4 Å². The van der Waals surface area contributed by atoms with Crippen LogP contribution >= 0.6 is 0 Å². The fourth-order valence-corrected chi connectivity index (χ4v) is 4.32. The van der Waals surface area contributed by atoms with Gasteiger partial charge >= 0.3 is 0 Å². The highest BCUT2D eigenvalue weighted by Crippen LogP contribution is 2.30. The van der Waals surface area contributed by atoms with Crippen molar-refractivity contribution in [3.05, 3.63) is 24.3 Å². The van der Waals surface area contributed by atoms with Gasteiger partial charge in [-0.2, -0.15) is 0 Å². The molecule has 0 radical (unpaired) electrons. The first kappa shape index (κ1) is 23.6. The second-order valence-electron chi connectivity index (χ2n) is 9.06. The molecule has 1 aromatic carbocycles. The first-order valence-corrected chi connectivity index (χ1v) is 12.2. The van der Waals surface area contributed by atoms with E-state index in [0.717, 1.165) is 63.7 Å². The minimum Gasteiger partial charge on any atom is -0.369 e. The predicted molar refractivity (Wildman–Crippen MR) is 127 cm³/mol. The molecule has 6 heteroatoms. The Kier molecular flexibility index (Phi) is 9.19. The summed E-state index contributed by atoms with van der Waals surface area (Å²) in [7, 11) is 0. The maximum absolute atomic E-state index is 12.4. The molecule has 2 aliphatic rings. The van der Waals surface area contributed by atoms with Crippen LogP contribution in [0.25, 0.3) is 0 Å². The third kappa shape index (κ3) is 7.84. The monoisotopic (exact) mass is 428 g/mol. The van der Waals surface area contributed by atoms with Gasteiger partial charge < -0.3 is 15.1 Å². The maximum Gasteiger partial charge on any atom is 0.224 e. The average molecular weight is 429 g/mol. The van der Waals surface area contributed by atoms with Crippen LogP contribution in [0.2, 0.25) is 0 Å². The van der Waals surface area contributed by atoms with Gasteiger partial charge in [-0.25, -0.2) is 0 Å². The summed E-state index contributed by atoms with van der Waals surface area (Å²) in [4.78, 5) is 31.7. The SMILES string of the molecule is CCCN(CCC)C(=O)CCCC(=O)Nc1cccc(N2CCN(CC3CC3)CC2)c1. The molecule has 0 atom stereocenters. The van der Waals surface area contributed by atoms with E-state index in [4.69, 9.17) is 0 Å². The van der Waals surface area contributed by atoms with Crippen LogP contribution in [0.1, 0.15) is 58.8 Å². The van der Waals surface area contributed by atoms with Crippen molar-refractivity contribution in [2.75, 3.05) is 56.0 Å². The van der Waals surface area contributed by atoms with E-state index in [1.54, 1.807) is 0 Å². The third-order valence-electron chi connectivity index (χ3n) is 6.21. The van der Waals surface area contributed by atoms with E-state index in [1.165, 1.54) is 25.1 Å². The van der Waals surface area contributed by atoms with E-state index in [1.807, 2.05) is 17.0 Å². The molecule has 31 heavy (non-hydrogen) atoms. The lowest BCUT2D eigenvalue weighted by molar-refractivity contribution is -0.131. The summed E-state index contributed by atoms with van der Waals surface area (Å²) in [6.07, 6.45) is 6.17. The molecule has 0 aromatic heterocycles. The molecule has 1 aliphatic carbocycles. The Morgan fingerprint density at radius 3 is 2.39 bits per heavy atom. The molecular formula is C25H40N4O2. The second kappa shape index (κ2) is 12.1.